The predicted molar refractivity (Wildman–Crippen MR) is 78.8 cm³/mol. The Labute approximate surface area is 119 Å². The van der Waals surface area contributed by atoms with Crippen molar-refractivity contribution in [2.75, 3.05) is 18.9 Å². The largest absolute Gasteiger partial charge is 0.355 e. The van der Waals surface area contributed by atoms with Crippen molar-refractivity contribution in [2.45, 2.75) is 32.2 Å². The van der Waals surface area contributed by atoms with Crippen LogP contribution in [-0.2, 0) is 4.79 Å². The predicted octanol–water partition coefficient (Wildman–Crippen LogP) is 1.44. The third-order valence-electron chi connectivity index (χ3n) is 3.67. The zero-order valence-electron chi connectivity index (χ0n) is 12.0. The van der Waals surface area contributed by atoms with Crippen LogP contribution in [0, 0.1) is 6.92 Å². The molecule has 1 saturated heterocycles. The van der Waals surface area contributed by atoms with Gasteiger partial charge in [-0.3, -0.25) is 9.59 Å². The summed E-state index contributed by atoms with van der Waals surface area (Å²) in [5.41, 5.74) is 2.08. The van der Waals surface area contributed by atoms with Gasteiger partial charge in [0.05, 0.1) is 0 Å². The van der Waals surface area contributed by atoms with E-state index in [2.05, 4.69) is 16.0 Å². The highest BCUT2D eigenvalue weighted by atomic mass is 16.2. The molecule has 3 N–H and O–H groups in total. The van der Waals surface area contributed by atoms with Gasteiger partial charge < -0.3 is 16.0 Å². The molecular weight excluding hydrogens is 254 g/mol. The van der Waals surface area contributed by atoms with Crippen LogP contribution in [0.5, 0.6) is 0 Å². The van der Waals surface area contributed by atoms with E-state index in [-0.39, 0.29) is 17.9 Å². The Morgan fingerprint density at radius 2 is 2.20 bits per heavy atom. The zero-order chi connectivity index (χ0) is 14.5. The zero-order valence-corrected chi connectivity index (χ0v) is 12.0. The van der Waals surface area contributed by atoms with Crippen molar-refractivity contribution in [1.82, 2.24) is 10.6 Å². The number of hydrogen-bond donors (Lipinski definition) is 3. The van der Waals surface area contributed by atoms with Crippen molar-refractivity contribution in [1.29, 1.82) is 0 Å². The van der Waals surface area contributed by atoms with Crippen LogP contribution in [0.4, 0.5) is 5.69 Å². The molecule has 1 heterocycles. The Bertz CT molecular complexity index is 508. The highest BCUT2D eigenvalue weighted by Crippen LogP contribution is 2.19. The maximum absolute atomic E-state index is 12.0. The number of carbonyl (C=O) groups is 2. The van der Waals surface area contributed by atoms with E-state index in [1.165, 1.54) is 0 Å². The number of anilines is 1. The van der Waals surface area contributed by atoms with Crippen molar-refractivity contribution in [3.8, 4) is 0 Å². The van der Waals surface area contributed by atoms with Crippen LogP contribution in [0.15, 0.2) is 18.2 Å². The lowest BCUT2D eigenvalue weighted by atomic mass is 10.1. The summed E-state index contributed by atoms with van der Waals surface area (Å²) in [5, 5.41) is 8.80. The molecule has 0 aromatic heterocycles. The molecule has 0 aliphatic carbocycles. The first-order valence-corrected chi connectivity index (χ1v) is 6.96. The topological polar surface area (TPSA) is 70.2 Å². The van der Waals surface area contributed by atoms with Gasteiger partial charge in [0.1, 0.15) is 0 Å². The fourth-order valence-corrected chi connectivity index (χ4v) is 2.51. The summed E-state index contributed by atoms with van der Waals surface area (Å²) in [4.78, 5) is 23.7. The Hall–Kier alpha value is -1.88. The summed E-state index contributed by atoms with van der Waals surface area (Å²) in [6.07, 6.45) is 2.65. The van der Waals surface area contributed by atoms with Crippen LogP contribution in [0.1, 0.15) is 35.2 Å². The number of nitrogens with one attached hydrogen (secondary N) is 3. The first kappa shape index (κ1) is 14.5. The monoisotopic (exact) mass is 275 g/mol. The van der Waals surface area contributed by atoms with Gasteiger partial charge in [0, 0.05) is 30.8 Å². The first-order chi connectivity index (χ1) is 9.61. The van der Waals surface area contributed by atoms with Crippen LogP contribution in [-0.4, -0.2) is 31.4 Å². The number of rotatable bonds is 4. The van der Waals surface area contributed by atoms with Crippen molar-refractivity contribution < 1.29 is 9.59 Å². The molecule has 5 nitrogen and oxygen atoms in total. The molecule has 5 heteroatoms. The molecule has 1 unspecified atom stereocenters. The van der Waals surface area contributed by atoms with Gasteiger partial charge in [-0.2, -0.15) is 0 Å². The average molecular weight is 275 g/mol. The minimum Gasteiger partial charge on any atom is -0.355 e. The van der Waals surface area contributed by atoms with E-state index in [9.17, 15) is 9.59 Å². The highest BCUT2D eigenvalue weighted by molar-refractivity contribution is 5.99. The fourth-order valence-electron chi connectivity index (χ4n) is 2.51. The summed E-state index contributed by atoms with van der Waals surface area (Å²) in [7, 11) is 1.60. The van der Waals surface area contributed by atoms with Gasteiger partial charge in [-0.1, -0.05) is 6.07 Å². The van der Waals surface area contributed by atoms with E-state index in [4.69, 9.17) is 0 Å². The molecule has 0 saturated carbocycles. The fraction of sp³-hybridized carbons (Fsp3) is 0.467. The molecule has 108 valence electrons. The summed E-state index contributed by atoms with van der Waals surface area (Å²) in [6.45, 7) is 2.83. The van der Waals surface area contributed by atoms with E-state index in [1.54, 1.807) is 19.2 Å². The van der Waals surface area contributed by atoms with Gasteiger partial charge in [0.15, 0.2) is 0 Å². The second-order valence-corrected chi connectivity index (χ2v) is 5.10. The molecule has 1 fully saturated rings. The van der Waals surface area contributed by atoms with E-state index in [0.717, 1.165) is 24.9 Å². The minimum atomic E-state index is -0.143. The molecule has 0 spiro atoms. The lowest BCUT2D eigenvalue weighted by Crippen LogP contribution is -2.28. The second-order valence-electron chi connectivity index (χ2n) is 5.10. The molecule has 20 heavy (non-hydrogen) atoms. The van der Waals surface area contributed by atoms with E-state index < -0.39 is 0 Å². The van der Waals surface area contributed by atoms with E-state index in [1.807, 2.05) is 13.0 Å². The average Bonchev–Trinajstić information content (AvgIpc) is 2.93. The Balaban J connectivity index is 2.05. The Morgan fingerprint density at radius 3 is 2.85 bits per heavy atom. The van der Waals surface area contributed by atoms with Crippen molar-refractivity contribution >= 4 is 17.5 Å². The minimum absolute atomic E-state index is 0.0124. The molecule has 2 amide bonds. The normalized spacial score (nSPS) is 17.8. The van der Waals surface area contributed by atoms with Crippen molar-refractivity contribution in [3.63, 3.8) is 0 Å². The molecule has 0 bridgehead atoms. The summed E-state index contributed by atoms with van der Waals surface area (Å²) < 4.78 is 0. The van der Waals surface area contributed by atoms with Crippen LogP contribution in [0.25, 0.3) is 0 Å². The molecular formula is C15H21N3O2. The third kappa shape index (κ3) is 3.36. The van der Waals surface area contributed by atoms with Crippen LogP contribution < -0.4 is 16.0 Å². The molecule has 1 aromatic rings. The van der Waals surface area contributed by atoms with E-state index in [0.29, 0.717) is 17.7 Å². The number of benzene rings is 1. The molecule has 2 rings (SSSR count). The van der Waals surface area contributed by atoms with Crippen LogP contribution in [0.3, 0.4) is 0 Å². The van der Waals surface area contributed by atoms with Gasteiger partial charge in [-0.05, 0) is 44.0 Å². The van der Waals surface area contributed by atoms with Gasteiger partial charge in [-0.25, -0.2) is 0 Å². The van der Waals surface area contributed by atoms with Crippen molar-refractivity contribution in [3.05, 3.63) is 29.3 Å². The first-order valence-electron chi connectivity index (χ1n) is 6.96. The quantitative estimate of drug-likeness (QED) is 0.778. The standard InChI is InChI=1S/C15H21N3O2/c1-10-12(15(20)16-2)6-3-7-13(10)18-14(19)9-11-5-4-8-17-11/h3,6-7,11,17H,4-5,8-9H2,1-2H3,(H,16,20)(H,18,19). The van der Waals surface area contributed by atoms with Gasteiger partial charge in [-0.15, -0.1) is 0 Å². The SMILES string of the molecule is CNC(=O)c1cccc(NC(=O)CC2CCCN2)c1C. The van der Waals surface area contributed by atoms with Crippen LogP contribution in [0.2, 0.25) is 0 Å². The highest BCUT2D eigenvalue weighted by Gasteiger charge is 2.18. The molecule has 1 aliphatic heterocycles. The Kier molecular flexibility index (Phi) is 4.74. The van der Waals surface area contributed by atoms with Gasteiger partial charge >= 0.3 is 0 Å². The number of hydrogen-bond acceptors (Lipinski definition) is 3. The van der Waals surface area contributed by atoms with E-state index >= 15 is 0 Å². The summed E-state index contributed by atoms with van der Waals surface area (Å²) in [5.74, 6) is -0.155. The number of carbonyl (C=O) groups excluding carboxylic acids is 2. The maximum atomic E-state index is 12.0. The molecule has 1 aromatic carbocycles. The van der Waals surface area contributed by atoms with Gasteiger partial charge in [0.25, 0.3) is 5.91 Å². The molecule has 1 aliphatic rings. The lowest BCUT2D eigenvalue weighted by molar-refractivity contribution is -0.116. The smallest absolute Gasteiger partial charge is 0.251 e. The summed E-state index contributed by atoms with van der Waals surface area (Å²) in [6, 6.07) is 5.63. The Morgan fingerprint density at radius 1 is 1.40 bits per heavy atom. The second kappa shape index (κ2) is 6.52. The molecule has 0 radical (unpaired) electrons. The maximum Gasteiger partial charge on any atom is 0.251 e. The number of amides is 2. The lowest BCUT2D eigenvalue weighted by Gasteiger charge is -2.14. The third-order valence-corrected chi connectivity index (χ3v) is 3.67. The summed E-state index contributed by atoms with van der Waals surface area (Å²) >= 11 is 0. The van der Waals surface area contributed by atoms with Crippen molar-refractivity contribution in [2.24, 2.45) is 0 Å². The molecule has 1 atom stereocenters. The van der Waals surface area contributed by atoms with Crippen LogP contribution >= 0.6 is 0 Å². The van der Waals surface area contributed by atoms with Gasteiger partial charge in [0.2, 0.25) is 5.91 Å².